The second-order valence-corrected chi connectivity index (χ2v) is 7.65. The van der Waals surface area contributed by atoms with Gasteiger partial charge in [0, 0.05) is 19.6 Å². The van der Waals surface area contributed by atoms with Crippen molar-refractivity contribution >= 4 is 0 Å². The fourth-order valence-corrected chi connectivity index (χ4v) is 5.80. The molecule has 4 aliphatic carbocycles. The highest BCUT2D eigenvalue weighted by Gasteiger charge is 2.48. The highest BCUT2D eigenvalue weighted by atomic mass is 16.5. The molecule has 0 radical (unpaired) electrons. The smallest absolute Gasteiger partial charge is 0.0594 e. The summed E-state index contributed by atoms with van der Waals surface area (Å²) in [5, 5.41) is 0. The van der Waals surface area contributed by atoms with Gasteiger partial charge < -0.3 is 4.74 Å². The first kappa shape index (κ1) is 11.7. The first-order chi connectivity index (χ1) is 8.81. The molecule has 2 nitrogen and oxygen atoms in total. The fraction of sp³-hybridized carbons (Fsp3) is 1.00. The highest BCUT2D eigenvalue weighted by Crippen LogP contribution is 2.57. The molecule has 4 bridgehead atoms. The Hall–Kier alpha value is -0.0800. The lowest BCUT2D eigenvalue weighted by Gasteiger charge is -2.50. The number of morpholine rings is 1. The number of ether oxygens (including phenoxy) is 1. The fourth-order valence-electron chi connectivity index (χ4n) is 5.80. The van der Waals surface area contributed by atoms with Crippen LogP contribution in [0.1, 0.15) is 44.9 Å². The van der Waals surface area contributed by atoms with E-state index in [2.05, 4.69) is 4.90 Å². The number of rotatable bonds is 2. The quantitative estimate of drug-likeness (QED) is 0.746. The molecular formula is C16H27NO. The summed E-state index contributed by atoms with van der Waals surface area (Å²) in [4.78, 5) is 2.70. The van der Waals surface area contributed by atoms with E-state index in [1.54, 1.807) is 44.9 Å². The molecule has 1 heterocycles. The topological polar surface area (TPSA) is 12.5 Å². The maximum Gasteiger partial charge on any atom is 0.0594 e. The normalized spacial score (nSPS) is 48.3. The van der Waals surface area contributed by atoms with Gasteiger partial charge in [0.15, 0.2) is 0 Å². The standard InChI is InChI=1S/C16H27NO/c1-2-14-8-15-7-13(1)9-16(10-14,11-15)12-17-3-5-18-6-4-17/h13-15H,1-12H2. The van der Waals surface area contributed by atoms with Gasteiger partial charge >= 0.3 is 0 Å². The maximum absolute atomic E-state index is 5.50. The first-order valence-electron chi connectivity index (χ1n) is 8.11. The summed E-state index contributed by atoms with van der Waals surface area (Å²) in [6.07, 6.45) is 10.9. The zero-order valence-corrected chi connectivity index (χ0v) is 11.6. The summed E-state index contributed by atoms with van der Waals surface area (Å²) in [7, 11) is 0. The molecule has 0 N–H and O–H groups in total. The number of hydrogen-bond acceptors (Lipinski definition) is 2. The zero-order chi connectivity index (χ0) is 12.0. The molecule has 18 heavy (non-hydrogen) atoms. The first-order valence-corrected chi connectivity index (χ1v) is 8.11. The van der Waals surface area contributed by atoms with Crippen molar-refractivity contribution in [2.45, 2.75) is 44.9 Å². The predicted octanol–water partition coefficient (Wildman–Crippen LogP) is 2.93. The Bertz CT molecular complexity index is 294. The Morgan fingerprint density at radius 1 is 0.889 bits per heavy atom. The molecule has 0 aromatic carbocycles. The van der Waals surface area contributed by atoms with E-state index < -0.39 is 0 Å². The van der Waals surface area contributed by atoms with Crippen LogP contribution >= 0.6 is 0 Å². The average molecular weight is 249 g/mol. The lowest BCUT2D eigenvalue weighted by molar-refractivity contribution is -0.0296. The Balaban J connectivity index is 1.51. The number of fused-ring (bicyclic) bond motifs is 1. The molecule has 5 aliphatic rings. The summed E-state index contributed by atoms with van der Waals surface area (Å²) in [6.45, 7) is 5.68. The van der Waals surface area contributed by atoms with Crippen LogP contribution in [-0.4, -0.2) is 37.7 Å². The molecule has 0 spiro atoms. The molecule has 1 aliphatic heterocycles. The van der Waals surface area contributed by atoms with E-state index in [0.29, 0.717) is 5.41 Å². The van der Waals surface area contributed by atoms with Crippen molar-refractivity contribution in [3.05, 3.63) is 0 Å². The minimum absolute atomic E-state index is 0.713. The van der Waals surface area contributed by atoms with E-state index in [1.807, 2.05) is 0 Å². The van der Waals surface area contributed by atoms with Gasteiger partial charge in [-0.1, -0.05) is 12.8 Å². The SMILES string of the molecule is C1CN(CC23CC4CCC(CC(C4)C2)C3)CCO1. The Morgan fingerprint density at radius 2 is 1.50 bits per heavy atom. The Kier molecular flexibility index (Phi) is 2.92. The van der Waals surface area contributed by atoms with Crippen LogP contribution in [0.15, 0.2) is 0 Å². The Morgan fingerprint density at radius 3 is 2.17 bits per heavy atom. The third-order valence-electron chi connectivity index (χ3n) is 6.14. The van der Waals surface area contributed by atoms with E-state index >= 15 is 0 Å². The second kappa shape index (κ2) is 4.49. The van der Waals surface area contributed by atoms with Gasteiger partial charge in [0.1, 0.15) is 0 Å². The van der Waals surface area contributed by atoms with Crippen LogP contribution in [0.2, 0.25) is 0 Å². The largest absolute Gasteiger partial charge is 0.379 e. The monoisotopic (exact) mass is 249 g/mol. The molecule has 0 aromatic heterocycles. The van der Waals surface area contributed by atoms with Crippen LogP contribution in [0.3, 0.4) is 0 Å². The maximum atomic E-state index is 5.50. The summed E-state index contributed by atoms with van der Waals surface area (Å²) < 4.78 is 5.50. The van der Waals surface area contributed by atoms with Crippen LogP contribution in [0.5, 0.6) is 0 Å². The van der Waals surface area contributed by atoms with Gasteiger partial charge in [-0.15, -0.1) is 0 Å². The van der Waals surface area contributed by atoms with Crippen LogP contribution in [-0.2, 0) is 4.74 Å². The number of hydrogen-bond donors (Lipinski definition) is 0. The lowest BCUT2D eigenvalue weighted by atomic mass is 9.58. The van der Waals surface area contributed by atoms with Crippen LogP contribution in [0.25, 0.3) is 0 Å². The molecule has 5 fully saturated rings. The average Bonchev–Trinajstić information content (AvgIpc) is 2.56. The van der Waals surface area contributed by atoms with Gasteiger partial charge in [-0.25, -0.2) is 0 Å². The summed E-state index contributed by atoms with van der Waals surface area (Å²) in [5.41, 5.74) is 0.713. The van der Waals surface area contributed by atoms with E-state index in [0.717, 1.165) is 31.0 Å². The van der Waals surface area contributed by atoms with E-state index in [1.165, 1.54) is 19.6 Å². The van der Waals surface area contributed by atoms with Crippen LogP contribution < -0.4 is 0 Å². The lowest BCUT2D eigenvalue weighted by Crippen LogP contribution is -2.48. The van der Waals surface area contributed by atoms with E-state index in [4.69, 9.17) is 4.74 Å². The summed E-state index contributed by atoms with van der Waals surface area (Å²) in [5.74, 6) is 3.25. The number of nitrogens with zero attached hydrogens (tertiary/aromatic N) is 1. The van der Waals surface area contributed by atoms with E-state index in [9.17, 15) is 0 Å². The molecule has 2 heteroatoms. The van der Waals surface area contributed by atoms with Gasteiger partial charge in [-0.05, 0) is 55.3 Å². The van der Waals surface area contributed by atoms with Crippen molar-refractivity contribution in [3.8, 4) is 0 Å². The van der Waals surface area contributed by atoms with Crippen molar-refractivity contribution in [2.75, 3.05) is 32.8 Å². The molecule has 2 unspecified atom stereocenters. The third kappa shape index (κ3) is 2.12. The van der Waals surface area contributed by atoms with Crippen molar-refractivity contribution < 1.29 is 4.74 Å². The summed E-state index contributed by atoms with van der Waals surface area (Å²) in [6, 6.07) is 0. The van der Waals surface area contributed by atoms with Gasteiger partial charge in [0.2, 0.25) is 0 Å². The molecular weight excluding hydrogens is 222 g/mol. The highest BCUT2D eigenvalue weighted by molar-refractivity contribution is 5.00. The molecule has 1 saturated heterocycles. The third-order valence-corrected chi connectivity index (χ3v) is 6.14. The Labute approximate surface area is 111 Å². The van der Waals surface area contributed by atoms with Crippen molar-refractivity contribution in [1.29, 1.82) is 0 Å². The second-order valence-electron chi connectivity index (χ2n) is 7.65. The minimum Gasteiger partial charge on any atom is -0.379 e. The molecule has 0 aromatic rings. The zero-order valence-electron chi connectivity index (χ0n) is 11.6. The van der Waals surface area contributed by atoms with Gasteiger partial charge in [-0.2, -0.15) is 0 Å². The molecule has 0 amide bonds. The summed E-state index contributed by atoms with van der Waals surface area (Å²) >= 11 is 0. The van der Waals surface area contributed by atoms with E-state index in [-0.39, 0.29) is 0 Å². The van der Waals surface area contributed by atoms with Gasteiger partial charge in [0.05, 0.1) is 13.2 Å². The van der Waals surface area contributed by atoms with Gasteiger partial charge in [0.25, 0.3) is 0 Å². The van der Waals surface area contributed by atoms with Crippen molar-refractivity contribution in [2.24, 2.45) is 23.2 Å². The van der Waals surface area contributed by atoms with Crippen molar-refractivity contribution in [3.63, 3.8) is 0 Å². The molecule has 5 rings (SSSR count). The van der Waals surface area contributed by atoms with Crippen molar-refractivity contribution in [1.82, 2.24) is 4.90 Å². The predicted molar refractivity (Wildman–Crippen MR) is 72.5 cm³/mol. The van der Waals surface area contributed by atoms with Crippen LogP contribution in [0, 0.1) is 23.2 Å². The van der Waals surface area contributed by atoms with Gasteiger partial charge in [-0.3, -0.25) is 4.90 Å². The molecule has 102 valence electrons. The van der Waals surface area contributed by atoms with Crippen LogP contribution in [0.4, 0.5) is 0 Å². The molecule has 4 saturated carbocycles. The minimum atomic E-state index is 0.713. The molecule has 2 atom stereocenters.